The van der Waals surface area contributed by atoms with Crippen LogP contribution in [-0.2, 0) is 22.5 Å². The van der Waals surface area contributed by atoms with Crippen molar-refractivity contribution in [3.63, 3.8) is 0 Å². The first-order chi connectivity index (χ1) is 18.5. The zero-order valence-electron chi connectivity index (χ0n) is 21.3. The molecule has 4 rings (SSSR count). The molecule has 0 radical (unpaired) electrons. The van der Waals surface area contributed by atoms with Gasteiger partial charge in [0.15, 0.2) is 0 Å². The van der Waals surface area contributed by atoms with Crippen LogP contribution in [0.2, 0.25) is 10.0 Å². The highest BCUT2D eigenvalue weighted by molar-refractivity contribution is 6.42. The zero-order chi connectivity index (χ0) is 26.9. The second-order valence-corrected chi connectivity index (χ2v) is 9.93. The van der Waals surface area contributed by atoms with E-state index < -0.39 is 0 Å². The Bertz CT molecular complexity index is 1370. The van der Waals surface area contributed by atoms with Gasteiger partial charge in [-0.1, -0.05) is 71.7 Å². The van der Waals surface area contributed by atoms with Gasteiger partial charge in [-0.2, -0.15) is 0 Å². The van der Waals surface area contributed by atoms with Crippen LogP contribution in [0.1, 0.15) is 27.9 Å². The lowest BCUT2D eigenvalue weighted by atomic mass is 10.1. The van der Waals surface area contributed by atoms with Crippen LogP contribution in [0.3, 0.4) is 0 Å². The minimum Gasteiger partial charge on any atom is -0.385 e. The molecule has 8 heteroatoms. The number of hydrogen-bond donors (Lipinski definition) is 1. The van der Waals surface area contributed by atoms with Gasteiger partial charge in [-0.25, -0.2) is 0 Å². The van der Waals surface area contributed by atoms with Gasteiger partial charge in [-0.05, 0) is 48.2 Å². The summed E-state index contributed by atoms with van der Waals surface area (Å²) in [6.45, 7) is 1.77. The lowest BCUT2D eigenvalue weighted by Gasteiger charge is -2.28. The van der Waals surface area contributed by atoms with Crippen LogP contribution in [0, 0.1) is 0 Å². The molecule has 198 valence electrons. The van der Waals surface area contributed by atoms with Crippen LogP contribution in [0.15, 0.2) is 79.0 Å². The van der Waals surface area contributed by atoms with Crippen LogP contribution in [0.5, 0.6) is 0 Å². The monoisotopic (exact) mass is 551 g/mol. The molecule has 0 atom stereocenters. The van der Waals surface area contributed by atoms with Crippen molar-refractivity contribution < 1.29 is 14.3 Å². The molecule has 3 aromatic carbocycles. The molecular formula is C30H31Cl2N3O3. The Kier molecular flexibility index (Phi) is 9.82. The number of methoxy groups -OCH3 is 1. The van der Waals surface area contributed by atoms with E-state index in [0.29, 0.717) is 54.7 Å². The SMILES string of the molecule is COCCCN(CC(=O)N(CCc1c[nH]c2ccccc12)Cc1ccccc1)C(=O)c1ccc(Cl)c(Cl)c1. The molecule has 2 amide bonds. The van der Waals surface area contributed by atoms with Gasteiger partial charge < -0.3 is 19.5 Å². The Morgan fingerprint density at radius 2 is 1.66 bits per heavy atom. The van der Waals surface area contributed by atoms with E-state index in [1.165, 1.54) is 0 Å². The predicted octanol–water partition coefficient (Wildman–Crippen LogP) is 6.22. The first kappa shape index (κ1) is 27.7. The number of rotatable bonds is 12. The van der Waals surface area contributed by atoms with Gasteiger partial charge in [0.05, 0.1) is 10.0 Å². The summed E-state index contributed by atoms with van der Waals surface area (Å²) >= 11 is 12.2. The molecule has 0 unspecified atom stereocenters. The van der Waals surface area contributed by atoms with Crippen molar-refractivity contribution in [2.75, 3.05) is 33.4 Å². The summed E-state index contributed by atoms with van der Waals surface area (Å²) in [6.07, 6.45) is 3.29. The Hall–Kier alpha value is -3.32. The lowest BCUT2D eigenvalue weighted by molar-refractivity contribution is -0.132. The molecule has 0 bridgehead atoms. The molecule has 38 heavy (non-hydrogen) atoms. The highest BCUT2D eigenvalue weighted by Gasteiger charge is 2.23. The molecular weight excluding hydrogens is 521 g/mol. The van der Waals surface area contributed by atoms with E-state index in [-0.39, 0.29) is 18.4 Å². The molecule has 4 aromatic rings. The molecule has 6 nitrogen and oxygen atoms in total. The summed E-state index contributed by atoms with van der Waals surface area (Å²) in [7, 11) is 1.61. The zero-order valence-corrected chi connectivity index (χ0v) is 22.8. The van der Waals surface area contributed by atoms with E-state index in [2.05, 4.69) is 11.1 Å². The van der Waals surface area contributed by atoms with E-state index in [9.17, 15) is 9.59 Å². The number of carbonyl (C=O) groups is 2. The van der Waals surface area contributed by atoms with Crippen molar-refractivity contribution >= 4 is 45.9 Å². The number of nitrogens with one attached hydrogen (secondary N) is 1. The maximum atomic E-state index is 13.7. The van der Waals surface area contributed by atoms with Gasteiger partial charge in [0.25, 0.3) is 5.91 Å². The third-order valence-electron chi connectivity index (χ3n) is 6.45. The van der Waals surface area contributed by atoms with Crippen LogP contribution in [0.4, 0.5) is 0 Å². The predicted molar refractivity (Wildman–Crippen MR) is 153 cm³/mol. The third kappa shape index (κ3) is 7.16. The highest BCUT2D eigenvalue weighted by atomic mass is 35.5. The summed E-state index contributed by atoms with van der Waals surface area (Å²) in [5.41, 5.74) is 3.63. The second-order valence-electron chi connectivity index (χ2n) is 9.11. The van der Waals surface area contributed by atoms with Crippen molar-refractivity contribution in [3.8, 4) is 0 Å². The summed E-state index contributed by atoms with van der Waals surface area (Å²) in [5.74, 6) is -0.399. The molecule has 0 aliphatic carbocycles. The molecule has 0 fully saturated rings. The number of aromatic amines is 1. The first-order valence-electron chi connectivity index (χ1n) is 12.6. The number of nitrogens with zero attached hydrogens (tertiary/aromatic N) is 2. The number of amides is 2. The normalized spacial score (nSPS) is 11.0. The minimum absolute atomic E-state index is 0.0521. The van der Waals surface area contributed by atoms with Crippen molar-refractivity contribution in [1.82, 2.24) is 14.8 Å². The van der Waals surface area contributed by atoms with Crippen molar-refractivity contribution in [3.05, 3.63) is 106 Å². The third-order valence-corrected chi connectivity index (χ3v) is 7.19. The number of hydrogen-bond acceptors (Lipinski definition) is 3. The van der Waals surface area contributed by atoms with E-state index in [4.69, 9.17) is 27.9 Å². The molecule has 1 heterocycles. The Balaban J connectivity index is 1.54. The van der Waals surface area contributed by atoms with Crippen LogP contribution < -0.4 is 0 Å². The second kappa shape index (κ2) is 13.5. The number of fused-ring (bicyclic) bond motifs is 1. The molecule has 1 aromatic heterocycles. The Labute approximate surface area is 233 Å². The molecule has 0 aliphatic heterocycles. The van der Waals surface area contributed by atoms with E-state index in [1.54, 1.807) is 30.2 Å². The smallest absolute Gasteiger partial charge is 0.254 e. The molecule has 0 saturated carbocycles. The highest BCUT2D eigenvalue weighted by Crippen LogP contribution is 2.24. The number of ether oxygens (including phenoxy) is 1. The number of halogens is 2. The summed E-state index contributed by atoms with van der Waals surface area (Å²) < 4.78 is 5.18. The molecule has 0 spiro atoms. The number of H-pyrrole nitrogens is 1. The fourth-order valence-corrected chi connectivity index (χ4v) is 4.71. The maximum absolute atomic E-state index is 13.7. The van der Waals surface area contributed by atoms with Crippen LogP contribution >= 0.6 is 23.2 Å². The first-order valence-corrected chi connectivity index (χ1v) is 13.3. The standard InChI is InChI=1S/C30H31Cl2N3O3/c1-38-17-7-15-35(30(37)23-12-13-26(31)27(32)18-23)21-29(36)34(20-22-8-3-2-4-9-22)16-14-24-19-33-28-11-6-5-10-25(24)28/h2-6,8-13,18-19,33H,7,14-17,20-21H2,1H3. The van der Waals surface area contributed by atoms with E-state index in [1.807, 2.05) is 59.6 Å². The number of para-hydroxylation sites is 1. The van der Waals surface area contributed by atoms with Crippen molar-refractivity contribution in [2.45, 2.75) is 19.4 Å². The fraction of sp³-hybridized carbons (Fsp3) is 0.267. The number of carbonyl (C=O) groups excluding carboxylic acids is 2. The van der Waals surface area contributed by atoms with Gasteiger partial charge in [0.1, 0.15) is 6.54 Å². The summed E-state index contributed by atoms with van der Waals surface area (Å²) in [5, 5.41) is 1.82. The Morgan fingerprint density at radius 1 is 0.895 bits per heavy atom. The van der Waals surface area contributed by atoms with E-state index in [0.717, 1.165) is 22.0 Å². The average molecular weight is 553 g/mol. The van der Waals surface area contributed by atoms with Crippen LogP contribution in [-0.4, -0.2) is 59.9 Å². The van der Waals surface area contributed by atoms with Gasteiger partial charge in [0.2, 0.25) is 5.91 Å². The maximum Gasteiger partial charge on any atom is 0.254 e. The number of benzene rings is 3. The average Bonchev–Trinajstić information content (AvgIpc) is 3.35. The van der Waals surface area contributed by atoms with Gasteiger partial charge in [-0.3, -0.25) is 9.59 Å². The topological polar surface area (TPSA) is 65.6 Å². The van der Waals surface area contributed by atoms with Gasteiger partial charge in [0, 0.05) is 56.0 Å². The lowest BCUT2D eigenvalue weighted by Crippen LogP contribution is -2.44. The quantitative estimate of drug-likeness (QED) is 0.212. The summed E-state index contributed by atoms with van der Waals surface area (Å²) in [6, 6.07) is 22.8. The fourth-order valence-electron chi connectivity index (χ4n) is 4.42. The largest absolute Gasteiger partial charge is 0.385 e. The molecule has 0 saturated heterocycles. The number of aromatic nitrogens is 1. The van der Waals surface area contributed by atoms with Gasteiger partial charge in [-0.15, -0.1) is 0 Å². The van der Waals surface area contributed by atoms with Gasteiger partial charge >= 0.3 is 0 Å². The van der Waals surface area contributed by atoms with Crippen LogP contribution in [0.25, 0.3) is 10.9 Å². The van der Waals surface area contributed by atoms with E-state index >= 15 is 0 Å². The van der Waals surface area contributed by atoms with Crippen molar-refractivity contribution in [1.29, 1.82) is 0 Å². The minimum atomic E-state index is -0.274. The summed E-state index contributed by atoms with van der Waals surface area (Å²) in [4.78, 5) is 33.8. The van der Waals surface area contributed by atoms with Crippen molar-refractivity contribution in [2.24, 2.45) is 0 Å². The Morgan fingerprint density at radius 3 is 2.42 bits per heavy atom. The molecule has 0 aliphatic rings. The molecule has 1 N–H and O–H groups in total.